The van der Waals surface area contributed by atoms with Gasteiger partial charge in [-0.3, -0.25) is 9.78 Å². The molecule has 0 unspecified atom stereocenters. The third-order valence-electron chi connectivity index (χ3n) is 5.18. The molecule has 7 nitrogen and oxygen atoms in total. The van der Waals surface area contributed by atoms with Gasteiger partial charge in [-0.15, -0.1) is 0 Å². The number of hydrogen-bond acceptors (Lipinski definition) is 6. The topological polar surface area (TPSA) is 98.5 Å². The molecule has 0 saturated carbocycles. The molecule has 1 N–H and O–H groups in total. The minimum absolute atomic E-state index is 0.182. The molecule has 4 rings (SSSR count). The highest BCUT2D eigenvalue weighted by Crippen LogP contribution is 2.29. The third-order valence-corrected chi connectivity index (χ3v) is 6.93. The van der Waals surface area contributed by atoms with Crippen LogP contribution in [0, 0.1) is 13.8 Å². The van der Waals surface area contributed by atoms with Crippen LogP contribution in [0.5, 0.6) is 5.75 Å². The van der Waals surface area contributed by atoms with Gasteiger partial charge in [0.1, 0.15) is 5.75 Å². The van der Waals surface area contributed by atoms with Gasteiger partial charge >= 0.3 is 0 Å². The van der Waals surface area contributed by atoms with Crippen LogP contribution in [0.3, 0.4) is 0 Å². The summed E-state index contributed by atoms with van der Waals surface area (Å²) in [6, 6.07) is 13.1. The van der Waals surface area contributed by atoms with Crippen LogP contribution in [0.2, 0.25) is 0 Å². The van der Waals surface area contributed by atoms with E-state index in [1.54, 1.807) is 68.0 Å². The maximum Gasteiger partial charge on any atom is 0.287 e. The first-order chi connectivity index (χ1) is 15.3. The first kappa shape index (κ1) is 21.6. The highest BCUT2D eigenvalue weighted by Gasteiger charge is 2.20. The number of amides is 1. The maximum atomic E-state index is 13.1. The van der Waals surface area contributed by atoms with Crippen LogP contribution in [0.1, 0.15) is 27.2 Å². The summed E-state index contributed by atoms with van der Waals surface area (Å²) < 4.78 is 36.9. The second-order valence-corrected chi connectivity index (χ2v) is 9.39. The van der Waals surface area contributed by atoms with Crippen LogP contribution in [0.25, 0.3) is 11.0 Å². The van der Waals surface area contributed by atoms with Gasteiger partial charge in [0.05, 0.1) is 23.1 Å². The van der Waals surface area contributed by atoms with E-state index in [2.05, 4.69) is 10.3 Å². The van der Waals surface area contributed by atoms with Gasteiger partial charge in [-0.05, 0) is 66.9 Å². The van der Waals surface area contributed by atoms with Crippen molar-refractivity contribution in [2.45, 2.75) is 30.2 Å². The fourth-order valence-corrected chi connectivity index (χ4v) is 5.01. The Bertz CT molecular complexity index is 1350. The van der Waals surface area contributed by atoms with Crippen molar-refractivity contribution < 1.29 is 22.4 Å². The minimum Gasteiger partial charge on any atom is -0.496 e. The molecule has 0 radical (unpaired) electrons. The number of methoxy groups -OCH3 is 1. The number of rotatable bonds is 6. The zero-order chi connectivity index (χ0) is 22.9. The van der Waals surface area contributed by atoms with Crippen LogP contribution < -0.4 is 10.1 Å². The minimum atomic E-state index is -3.68. The largest absolute Gasteiger partial charge is 0.496 e. The lowest BCUT2D eigenvalue weighted by Crippen LogP contribution is -2.22. The molecule has 0 aliphatic rings. The summed E-state index contributed by atoms with van der Waals surface area (Å²) in [4.78, 5) is 16.7. The molecule has 0 bridgehead atoms. The summed E-state index contributed by atoms with van der Waals surface area (Å²) in [6.45, 7) is 3.86. The number of hydrogen-bond donors (Lipinski definition) is 1. The molecular formula is C24H22N2O5S. The van der Waals surface area contributed by atoms with Crippen LogP contribution in [0.4, 0.5) is 0 Å². The molecule has 2 aromatic carbocycles. The van der Waals surface area contributed by atoms with Gasteiger partial charge < -0.3 is 14.5 Å². The molecule has 0 saturated heterocycles. The van der Waals surface area contributed by atoms with Crippen molar-refractivity contribution >= 4 is 26.7 Å². The number of carbonyl (C=O) groups is 1. The summed E-state index contributed by atoms with van der Waals surface area (Å²) in [5.74, 6) is 0.510. The number of aromatic nitrogens is 1. The van der Waals surface area contributed by atoms with Gasteiger partial charge in [-0.25, -0.2) is 8.42 Å². The molecule has 32 heavy (non-hydrogen) atoms. The zero-order valence-corrected chi connectivity index (χ0v) is 18.7. The first-order valence-electron chi connectivity index (χ1n) is 9.90. The Morgan fingerprint density at radius 3 is 2.34 bits per heavy atom. The average molecular weight is 451 g/mol. The highest BCUT2D eigenvalue weighted by atomic mass is 32.2. The average Bonchev–Trinajstić information content (AvgIpc) is 3.22. The lowest BCUT2D eigenvalue weighted by atomic mass is 10.1. The van der Waals surface area contributed by atoms with Crippen molar-refractivity contribution in [3.63, 3.8) is 0 Å². The van der Waals surface area contributed by atoms with Gasteiger partial charge in [0, 0.05) is 18.1 Å². The predicted molar refractivity (Wildman–Crippen MR) is 120 cm³/mol. The van der Waals surface area contributed by atoms with E-state index in [0.29, 0.717) is 11.3 Å². The van der Waals surface area contributed by atoms with E-state index in [1.807, 2.05) is 13.8 Å². The summed E-state index contributed by atoms with van der Waals surface area (Å²) in [5, 5.41) is 3.57. The fourth-order valence-electron chi connectivity index (χ4n) is 3.58. The molecule has 4 aromatic rings. The molecule has 2 aromatic heterocycles. The van der Waals surface area contributed by atoms with Crippen LogP contribution in [-0.2, 0) is 16.4 Å². The number of benzene rings is 2. The summed E-state index contributed by atoms with van der Waals surface area (Å²) in [5.41, 5.74) is 2.81. The van der Waals surface area contributed by atoms with Gasteiger partial charge in [-0.2, -0.15) is 0 Å². The standard InChI is InChI=1S/C24H22N2O5S/c1-15-10-20(11-16(2)23(15)30-3)32(28,29)19-6-4-17(5-7-19)13-26-24(27)21-12-18-8-9-25-14-22(18)31-21/h4-12,14H,13H2,1-3H3,(H,26,27). The van der Waals surface area contributed by atoms with Gasteiger partial charge in [0.25, 0.3) is 5.91 Å². The summed E-state index contributed by atoms with van der Waals surface area (Å²) >= 11 is 0. The van der Waals surface area contributed by atoms with Crippen molar-refractivity contribution in [1.82, 2.24) is 10.3 Å². The Balaban J connectivity index is 1.48. The molecule has 0 fully saturated rings. The molecule has 2 heterocycles. The van der Waals surface area contributed by atoms with Crippen molar-refractivity contribution in [2.24, 2.45) is 0 Å². The predicted octanol–water partition coefficient (Wildman–Crippen LogP) is 4.22. The number of fused-ring (bicyclic) bond motifs is 1. The smallest absolute Gasteiger partial charge is 0.287 e. The van der Waals surface area contributed by atoms with Crippen LogP contribution >= 0.6 is 0 Å². The number of furan rings is 1. The van der Waals surface area contributed by atoms with Crippen LogP contribution in [-0.4, -0.2) is 26.4 Å². The Morgan fingerprint density at radius 2 is 1.72 bits per heavy atom. The van der Waals surface area contributed by atoms with Gasteiger partial charge in [0.15, 0.2) is 11.3 Å². The fraction of sp³-hybridized carbons (Fsp3) is 0.167. The quantitative estimate of drug-likeness (QED) is 0.472. The number of ether oxygens (including phenoxy) is 1. The van der Waals surface area contributed by atoms with E-state index < -0.39 is 9.84 Å². The number of pyridine rings is 1. The molecule has 0 atom stereocenters. The van der Waals surface area contributed by atoms with E-state index in [0.717, 1.165) is 22.1 Å². The second kappa shape index (κ2) is 8.47. The number of nitrogens with one attached hydrogen (secondary N) is 1. The van der Waals surface area contributed by atoms with Gasteiger partial charge in [-0.1, -0.05) is 12.1 Å². The second-order valence-electron chi connectivity index (χ2n) is 7.44. The van der Waals surface area contributed by atoms with Crippen molar-refractivity contribution in [3.05, 3.63) is 83.4 Å². The zero-order valence-electron chi connectivity index (χ0n) is 17.9. The normalized spacial score (nSPS) is 11.5. The van der Waals surface area contributed by atoms with Crippen molar-refractivity contribution in [1.29, 1.82) is 0 Å². The number of carbonyl (C=O) groups excluding carboxylic acids is 1. The molecule has 0 spiro atoms. The lowest BCUT2D eigenvalue weighted by molar-refractivity contribution is 0.0925. The lowest BCUT2D eigenvalue weighted by Gasteiger charge is -2.12. The molecule has 0 aliphatic heterocycles. The first-order valence-corrected chi connectivity index (χ1v) is 11.4. The van der Waals surface area contributed by atoms with Gasteiger partial charge in [0.2, 0.25) is 9.84 Å². The Labute approximate surface area is 186 Å². The summed E-state index contributed by atoms with van der Waals surface area (Å²) in [6.07, 6.45) is 3.18. The Hall–Kier alpha value is -3.65. The number of aryl methyl sites for hydroxylation is 2. The monoisotopic (exact) mass is 450 g/mol. The Morgan fingerprint density at radius 1 is 1.03 bits per heavy atom. The number of nitrogens with zero attached hydrogens (tertiary/aromatic N) is 1. The van der Waals surface area contributed by atoms with Crippen LogP contribution in [0.15, 0.2) is 75.1 Å². The molecular weight excluding hydrogens is 428 g/mol. The van der Waals surface area contributed by atoms with E-state index in [4.69, 9.17) is 9.15 Å². The maximum absolute atomic E-state index is 13.1. The van der Waals surface area contributed by atoms with Crippen molar-refractivity contribution in [2.75, 3.05) is 7.11 Å². The van der Waals surface area contributed by atoms with E-state index >= 15 is 0 Å². The molecule has 164 valence electrons. The molecule has 8 heteroatoms. The highest BCUT2D eigenvalue weighted by molar-refractivity contribution is 7.91. The van der Waals surface area contributed by atoms with E-state index in [-0.39, 0.29) is 28.0 Å². The molecule has 1 amide bonds. The summed E-state index contributed by atoms with van der Waals surface area (Å²) in [7, 11) is -2.12. The number of sulfone groups is 1. The SMILES string of the molecule is COc1c(C)cc(S(=O)(=O)c2ccc(CNC(=O)c3cc4ccncc4o3)cc2)cc1C. The van der Waals surface area contributed by atoms with E-state index in [9.17, 15) is 13.2 Å². The third kappa shape index (κ3) is 4.09. The van der Waals surface area contributed by atoms with Crippen molar-refractivity contribution in [3.8, 4) is 5.75 Å². The Kier molecular flexibility index (Phi) is 5.71. The molecule has 0 aliphatic carbocycles. The van der Waals surface area contributed by atoms with E-state index in [1.165, 1.54) is 0 Å².